The summed E-state index contributed by atoms with van der Waals surface area (Å²) in [6.07, 6.45) is 1.28. The Morgan fingerprint density at radius 2 is 1.81 bits per heavy atom. The average molecular weight is 487 g/mol. The van der Waals surface area contributed by atoms with Crippen molar-refractivity contribution in [1.82, 2.24) is 5.32 Å². The van der Waals surface area contributed by atoms with Crippen LogP contribution in [0.5, 0.6) is 0 Å². The maximum absolute atomic E-state index is 11.9. The summed E-state index contributed by atoms with van der Waals surface area (Å²) in [5.41, 5.74) is 0.582. The molecule has 0 spiro atoms. The lowest BCUT2D eigenvalue weighted by Crippen LogP contribution is -2.35. The molecule has 1 atom stereocenters. The van der Waals surface area contributed by atoms with Gasteiger partial charge in [-0.2, -0.15) is 0 Å². The average Bonchev–Trinajstić information content (AvgIpc) is 2.38. The molecule has 0 saturated heterocycles. The summed E-state index contributed by atoms with van der Waals surface area (Å²) in [4.78, 5) is 22.9. The molecule has 1 rings (SSSR count). The number of urea groups is 1. The number of aliphatic carboxylic acids is 1. The number of hydrogen-bond donors (Lipinski definition) is 3. The first kappa shape index (κ1) is 18.4. The first-order valence-electron chi connectivity index (χ1n) is 6.27. The molecule has 2 amide bonds. The van der Waals surface area contributed by atoms with Gasteiger partial charge in [0.1, 0.15) is 0 Å². The van der Waals surface area contributed by atoms with E-state index >= 15 is 0 Å². The van der Waals surface area contributed by atoms with E-state index in [0.717, 1.165) is 10.9 Å². The number of carbonyl (C=O) groups is 2. The van der Waals surface area contributed by atoms with Crippen molar-refractivity contribution in [3.05, 3.63) is 25.6 Å². The molecule has 0 aliphatic carbocycles. The fourth-order valence-electron chi connectivity index (χ4n) is 1.70. The van der Waals surface area contributed by atoms with Crippen molar-refractivity contribution < 1.29 is 14.7 Å². The van der Waals surface area contributed by atoms with Crippen LogP contribution in [-0.4, -0.2) is 23.7 Å². The third-order valence-electron chi connectivity index (χ3n) is 2.74. The van der Waals surface area contributed by atoms with Crippen LogP contribution in [0.25, 0.3) is 0 Å². The number of benzene rings is 1. The zero-order chi connectivity index (χ0) is 16.0. The minimum Gasteiger partial charge on any atom is -0.481 e. The predicted molar refractivity (Wildman–Crippen MR) is 92.6 cm³/mol. The number of carbonyl (C=O) groups excluding carboxylic acids is 1. The molecular formula is C13H15Br3N2O3. The van der Waals surface area contributed by atoms with Crippen molar-refractivity contribution in [2.45, 2.75) is 19.8 Å². The molecule has 5 nitrogen and oxygen atoms in total. The molecule has 21 heavy (non-hydrogen) atoms. The number of carboxylic acid groups (broad SMARTS) is 1. The Kier molecular flexibility index (Phi) is 7.69. The van der Waals surface area contributed by atoms with Gasteiger partial charge in [0, 0.05) is 20.0 Å². The number of nitrogens with one attached hydrogen (secondary N) is 2. The molecule has 3 N–H and O–H groups in total. The largest absolute Gasteiger partial charge is 0.481 e. The Labute approximate surface area is 148 Å². The van der Waals surface area contributed by atoms with Gasteiger partial charge in [-0.15, -0.1) is 0 Å². The maximum atomic E-state index is 11.9. The fraction of sp³-hybridized carbons (Fsp3) is 0.385. The lowest BCUT2D eigenvalue weighted by Gasteiger charge is -2.14. The Bertz CT molecular complexity index is 514. The van der Waals surface area contributed by atoms with Crippen LogP contribution < -0.4 is 10.6 Å². The minimum absolute atomic E-state index is 0.0980. The molecule has 1 aromatic carbocycles. The number of rotatable bonds is 6. The molecule has 1 aromatic rings. The van der Waals surface area contributed by atoms with Crippen molar-refractivity contribution >= 4 is 65.5 Å². The van der Waals surface area contributed by atoms with Gasteiger partial charge in [-0.3, -0.25) is 4.79 Å². The van der Waals surface area contributed by atoms with Gasteiger partial charge < -0.3 is 15.7 Å². The first-order chi connectivity index (χ1) is 9.85. The van der Waals surface area contributed by atoms with Gasteiger partial charge in [-0.25, -0.2) is 4.79 Å². The van der Waals surface area contributed by atoms with Gasteiger partial charge in [0.05, 0.1) is 11.6 Å². The summed E-state index contributed by atoms with van der Waals surface area (Å²) in [6.45, 7) is 2.01. The van der Waals surface area contributed by atoms with Gasteiger partial charge in [-0.05, 0) is 50.4 Å². The third kappa shape index (κ3) is 5.96. The molecule has 116 valence electrons. The second-order valence-electron chi connectivity index (χ2n) is 4.40. The molecule has 0 aliphatic heterocycles. The summed E-state index contributed by atoms with van der Waals surface area (Å²) in [5, 5.41) is 14.3. The number of anilines is 1. The van der Waals surface area contributed by atoms with Crippen LogP contribution in [0.2, 0.25) is 0 Å². The summed E-state index contributed by atoms with van der Waals surface area (Å²) >= 11 is 10.1. The van der Waals surface area contributed by atoms with Crippen LogP contribution in [0.1, 0.15) is 19.8 Å². The summed E-state index contributed by atoms with van der Waals surface area (Å²) in [5.74, 6) is -1.47. The highest BCUT2D eigenvalue weighted by molar-refractivity contribution is 9.11. The molecule has 0 aromatic heterocycles. The zero-order valence-corrected chi connectivity index (χ0v) is 16.0. The Hall–Kier alpha value is -0.600. The Morgan fingerprint density at radius 3 is 2.29 bits per heavy atom. The second-order valence-corrected chi connectivity index (χ2v) is 7.03. The Morgan fingerprint density at radius 1 is 1.24 bits per heavy atom. The molecule has 8 heteroatoms. The number of amides is 2. The lowest BCUT2D eigenvalue weighted by molar-refractivity contribution is -0.141. The highest BCUT2D eigenvalue weighted by atomic mass is 79.9. The zero-order valence-electron chi connectivity index (χ0n) is 11.3. The van der Waals surface area contributed by atoms with E-state index in [1.54, 1.807) is 12.1 Å². The van der Waals surface area contributed by atoms with Gasteiger partial charge in [0.15, 0.2) is 0 Å². The standard InChI is InChI=1S/C13H15Br3N2O3/c1-2-3-7(12(19)20)6-17-13(21)18-11-9(15)4-8(14)5-10(11)16/h4-5,7H,2-3,6H2,1H3,(H,19,20)(H2,17,18,21). The van der Waals surface area contributed by atoms with Crippen molar-refractivity contribution in [1.29, 1.82) is 0 Å². The van der Waals surface area contributed by atoms with E-state index in [0.29, 0.717) is 21.1 Å². The summed E-state index contributed by atoms with van der Waals surface area (Å²) in [6, 6.07) is 3.16. The second kappa shape index (κ2) is 8.75. The van der Waals surface area contributed by atoms with Crippen LogP contribution >= 0.6 is 47.8 Å². The molecule has 0 fully saturated rings. The quantitative estimate of drug-likeness (QED) is 0.550. The van der Waals surface area contributed by atoms with E-state index in [4.69, 9.17) is 5.11 Å². The molecule has 0 aliphatic rings. The normalized spacial score (nSPS) is 11.8. The topological polar surface area (TPSA) is 78.4 Å². The maximum Gasteiger partial charge on any atom is 0.319 e. The number of halogens is 3. The number of carboxylic acids is 1. The predicted octanol–water partition coefficient (Wildman–Crippen LogP) is 4.60. The van der Waals surface area contributed by atoms with Gasteiger partial charge in [0.2, 0.25) is 0 Å². The van der Waals surface area contributed by atoms with E-state index < -0.39 is 17.9 Å². The fourth-order valence-corrected chi connectivity index (χ4v) is 4.15. The van der Waals surface area contributed by atoms with E-state index in [9.17, 15) is 9.59 Å². The first-order valence-corrected chi connectivity index (χ1v) is 8.65. The van der Waals surface area contributed by atoms with Crippen LogP contribution in [0, 0.1) is 5.92 Å². The van der Waals surface area contributed by atoms with Crippen LogP contribution in [-0.2, 0) is 4.79 Å². The van der Waals surface area contributed by atoms with E-state index in [-0.39, 0.29) is 6.54 Å². The van der Waals surface area contributed by atoms with Gasteiger partial charge in [-0.1, -0.05) is 29.3 Å². The van der Waals surface area contributed by atoms with Crippen molar-refractivity contribution in [3.63, 3.8) is 0 Å². The van der Waals surface area contributed by atoms with Crippen molar-refractivity contribution in [2.75, 3.05) is 11.9 Å². The molecular weight excluding hydrogens is 472 g/mol. The summed E-state index contributed by atoms with van der Waals surface area (Å²) in [7, 11) is 0. The summed E-state index contributed by atoms with van der Waals surface area (Å²) < 4.78 is 2.28. The van der Waals surface area contributed by atoms with Crippen molar-refractivity contribution in [2.24, 2.45) is 5.92 Å². The molecule has 0 radical (unpaired) electrons. The van der Waals surface area contributed by atoms with Crippen LogP contribution in [0.4, 0.5) is 10.5 Å². The van der Waals surface area contributed by atoms with Crippen LogP contribution in [0.15, 0.2) is 25.6 Å². The van der Waals surface area contributed by atoms with E-state index in [1.807, 2.05) is 6.92 Å². The third-order valence-corrected chi connectivity index (χ3v) is 4.45. The van der Waals surface area contributed by atoms with Gasteiger partial charge in [0.25, 0.3) is 0 Å². The highest BCUT2D eigenvalue weighted by Gasteiger charge is 2.18. The monoisotopic (exact) mass is 484 g/mol. The minimum atomic E-state index is -0.900. The number of hydrogen-bond acceptors (Lipinski definition) is 2. The molecule has 0 saturated carbocycles. The van der Waals surface area contributed by atoms with E-state index in [1.165, 1.54) is 0 Å². The smallest absolute Gasteiger partial charge is 0.319 e. The molecule has 0 heterocycles. The van der Waals surface area contributed by atoms with Crippen LogP contribution in [0.3, 0.4) is 0 Å². The SMILES string of the molecule is CCCC(CNC(=O)Nc1c(Br)cc(Br)cc1Br)C(=O)O. The van der Waals surface area contributed by atoms with Crippen molar-refractivity contribution in [3.8, 4) is 0 Å². The van der Waals surface area contributed by atoms with E-state index in [2.05, 4.69) is 58.4 Å². The molecule has 0 bridgehead atoms. The Balaban J connectivity index is 2.64. The lowest BCUT2D eigenvalue weighted by atomic mass is 10.0. The molecule has 1 unspecified atom stereocenters. The van der Waals surface area contributed by atoms with Gasteiger partial charge >= 0.3 is 12.0 Å². The highest BCUT2D eigenvalue weighted by Crippen LogP contribution is 2.34.